The molecule has 3 amide bonds. The largest absolute Gasteiger partial charge is 0.493 e. The summed E-state index contributed by atoms with van der Waals surface area (Å²) in [6.07, 6.45) is 1.28. The van der Waals surface area contributed by atoms with Crippen LogP contribution in [-0.4, -0.2) is 37.7 Å². The van der Waals surface area contributed by atoms with Crippen LogP contribution in [0, 0.1) is 5.82 Å². The number of halogens is 1. The molecule has 3 aromatic rings. The zero-order valence-corrected chi connectivity index (χ0v) is 18.1. The van der Waals surface area contributed by atoms with E-state index in [1.165, 1.54) is 31.5 Å². The molecule has 0 saturated carbocycles. The van der Waals surface area contributed by atoms with Crippen molar-refractivity contribution in [2.24, 2.45) is 5.10 Å². The van der Waals surface area contributed by atoms with Gasteiger partial charge in [0.1, 0.15) is 5.82 Å². The molecule has 0 bridgehead atoms. The standard InChI is InChI=1S/C24H21FN4O5/c1-33-21-13-16(11-12-20(21)34-15-22(30)27-17-7-3-2-4-8-17)14-26-29-24(32)23(31)28-19-10-6-5-9-18(19)25/h2-14H,15H2,1H3,(H,27,30)(H,28,31)(H,29,32)/b26-14-. The minimum absolute atomic E-state index is 0.121. The van der Waals surface area contributed by atoms with Gasteiger partial charge in [-0.15, -0.1) is 0 Å². The van der Waals surface area contributed by atoms with Crippen LogP contribution in [0.3, 0.4) is 0 Å². The van der Waals surface area contributed by atoms with E-state index in [9.17, 15) is 18.8 Å². The number of methoxy groups -OCH3 is 1. The van der Waals surface area contributed by atoms with E-state index in [1.807, 2.05) is 6.07 Å². The molecule has 0 aromatic heterocycles. The van der Waals surface area contributed by atoms with Gasteiger partial charge in [-0.05, 0) is 48.0 Å². The van der Waals surface area contributed by atoms with Gasteiger partial charge < -0.3 is 20.1 Å². The van der Waals surface area contributed by atoms with Crippen molar-refractivity contribution in [2.75, 3.05) is 24.4 Å². The van der Waals surface area contributed by atoms with Crippen molar-refractivity contribution >= 4 is 35.3 Å². The number of ether oxygens (including phenoxy) is 2. The molecule has 34 heavy (non-hydrogen) atoms. The predicted octanol–water partition coefficient (Wildman–Crippen LogP) is 2.94. The minimum Gasteiger partial charge on any atom is -0.493 e. The third kappa shape index (κ3) is 6.89. The summed E-state index contributed by atoms with van der Waals surface area (Å²) >= 11 is 0. The maximum Gasteiger partial charge on any atom is 0.329 e. The molecule has 9 nitrogen and oxygen atoms in total. The molecule has 0 fully saturated rings. The smallest absolute Gasteiger partial charge is 0.329 e. The summed E-state index contributed by atoms with van der Waals surface area (Å²) in [5, 5.41) is 8.57. The fourth-order valence-corrected chi connectivity index (χ4v) is 2.70. The Morgan fingerprint density at radius 3 is 2.38 bits per heavy atom. The summed E-state index contributed by atoms with van der Waals surface area (Å²) < 4.78 is 24.4. The average Bonchev–Trinajstić information content (AvgIpc) is 2.85. The van der Waals surface area contributed by atoms with Gasteiger partial charge in [-0.25, -0.2) is 9.82 Å². The van der Waals surface area contributed by atoms with Crippen LogP contribution in [0.2, 0.25) is 0 Å². The second-order valence-electron chi connectivity index (χ2n) is 6.75. The normalized spacial score (nSPS) is 10.4. The minimum atomic E-state index is -1.07. The Morgan fingerprint density at radius 1 is 0.912 bits per heavy atom. The SMILES string of the molecule is COc1cc(/C=N\NC(=O)C(=O)Nc2ccccc2F)ccc1OCC(=O)Nc1ccccc1. The highest BCUT2D eigenvalue weighted by atomic mass is 19.1. The number of carbonyl (C=O) groups excluding carboxylic acids is 3. The highest BCUT2D eigenvalue weighted by molar-refractivity contribution is 6.39. The number of nitrogens with zero attached hydrogens (tertiary/aromatic N) is 1. The van der Waals surface area contributed by atoms with Crippen LogP contribution in [0.5, 0.6) is 11.5 Å². The molecule has 0 aliphatic heterocycles. The van der Waals surface area contributed by atoms with Crippen molar-refractivity contribution in [1.29, 1.82) is 0 Å². The van der Waals surface area contributed by atoms with Crippen molar-refractivity contribution in [3.63, 3.8) is 0 Å². The van der Waals surface area contributed by atoms with Gasteiger partial charge in [-0.3, -0.25) is 14.4 Å². The first-order chi connectivity index (χ1) is 16.5. The number of rotatable bonds is 8. The Bertz CT molecular complexity index is 1200. The van der Waals surface area contributed by atoms with Crippen molar-refractivity contribution in [2.45, 2.75) is 0 Å². The van der Waals surface area contributed by atoms with E-state index in [-0.39, 0.29) is 18.2 Å². The fraction of sp³-hybridized carbons (Fsp3) is 0.0833. The van der Waals surface area contributed by atoms with Gasteiger partial charge in [0.05, 0.1) is 19.0 Å². The molecular weight excluding hydrogens is 443 g/mol. The predicted molar refractivity (Wildman–Crippen MR) is 124 cm³/mol. The van der Waals surface area contributed by atoms with E-state index in [1.54, 1.807) is 42.5 Å². The van der Waals surface area contributed by atoms with Crippen LogP contribution in [0.4, 0.5) is 15.8 Å². The second-order valence-corrected chi connectivity index (χ2v) is 6.75. The lowest BCUT2D eigenvalue weighted by Gasteiger charge is -2.11. The van der Waals surface area contributed by atoms with Crippen LogP contribution >= 0.6 is 0 Å². The maximum absolute atomic E-state index is 13.6. The molecule has 174 valence electrons. The topological polar surface area (TPSA) is 118 Å². The highest BCUT2D eigenvalue weighted by Crippen LogP contribution is 2.27. The molecule has 0 aliphatic carbocycles. The monoisotopic (exact) mass is 464 g/mol. The number of hydrogen-bond donors (Lipinski definition) is 3. The number of hydrogen-bond acceptors (Lipinski definition) is 6. The van der Waals surface area contributed by atoms with E-state index >= 15 is 0 Å². The first-order valence-electron chi connectivity index (χ1n) is 10.0. The third-order valence-electron chi connectivity index (χ3n) is 4.31. The Balaban J connectivity index is 1.53. The number of amides is 3. The Labute approximate surface area is 194 Å². The fourth-order valence-electron chi connectivity index (χ4n) is 2.70. The molecule has 3 rings (SSSR count). The number of carbonyl (C=O) groups is 3. The quantitative estimate of drug-likeness (QED) is 0.269. The molecule has 3 aromatic carbocycles. The Kier molecular flexibility index (Phi) is 8.28. The maximum atomic E-state index is 13.6. The molecule has 3 N–H and O–H groups in total. The van der Waals surface area contributed by atoms with E-state index in [2.05, 4.69) is 21.2 Å². The lowest BCUT2D eigenvalue weighted by molar-refractivity contribution is -0.136. The molecule has 0 unspecified atom stereocenters. The number of anilines is 2. The summed E-state index contributed by atoms with van der Waals surface area (Å²) in [5.41, 5.74) is 3.11. The van der Waals surface area contributed by atoms with Gasteiger partial charge >= 0.3 is 11.8 Å². The average molecular weight is 464 g/mol. The zero-order valence-electron chi connectivity index (χ0n) is 18.1. The van der Waals surface area contributed by atoms with Gasteiger partial charge in [-0.2, -0.15) is 5.10 Å². The highest BCUT2D eigenvalue weighted by Gasteiger charge is 2.15. The van der Waals surface area contributed by atoms with Crippen molar-refractivity contribution in [3.05, 3.63) is 84.2 Å². The van der Waals surface area contributed by atoms with Gasteiger partial charge in [0.25, 0.3) is 5.91 Å². The first kappa shape index (κ1) is 23.9. The molecule has 0 radical (unpaired) electrons. The summed E-state index contributed by atoms with van der Waals surface area (Å²) in [5.74, 6) is -2.49. The second kappa shape index (κ2) is 11.8. The third-order valence-corrected chi connectivity index (χ3v) is 4.31. The number of para-hydroxylation sites is 2. The number of nitrogens with one attached hydrogen (secondary N) is 3. The van der Waals surface area contributed by atoms with E-state index in [0.29, 0.717) is 22.7 Å². The molecular formula is C24H21FN4O5. The molecule has 0 atom stereocenters. The van der Waals surface area contributed by atoms with Gasteiger partial charge in [0.2, 0.25) is 0 Å². The van der Waals surface area contributed by atoms with Gasteiger partial charge in [0, 0.05) is 5.69 Å². The lowest BCUT2D eigenvalue weighted by Crippen LogP contribution is -2.32. The van der Waals surface area contributed by atoms with Crippen LogP contribution in [0.15, 0.2) is 77.9 Å². The van der Waals surface area contributed by atoms with E-state index < -0.39 is 17.6 Å². The van der Waals surface area contributed by atoms with Crippen LogP contribution in [-0.2, 0) is 14.4 Å². The Morgan fingerprint density at radius 2 is 1.65 bits per heavy atom. The van der Waals surface area contributed by atoms with Crippen molar-refractivity contribution in [1.82, 2.24) is 5.43 Å². The molecule has 0 heterocycles. The van der Waals surface area contributed by atoms with Gasteiger partial charge in [0.15, 0.2) is 18.1 Å². The molecule has 0 saturated heterocycles. The summed E-state index contributed by atoms with van der Waals surface area (Å²) in [6.45, 7) is -0.230. The lowest BCUT2D eigenvalue weighted by atomic mass is 10.2. The number of benzene rings is 3. The van der Waals surface area contributed by atoms with E-state index in [4.69, 9.17) is 9.47 Å². The number of hydrazone groups is 1. The van der Waals surface area contributed by atoms with Crippen LogP contribution in [0.25, 0.3) is 0 Å². The summed E-state index contributed by atoms with van der Waals surface area (Å²) in [6, 6.07) is 19.2. The molecule has 0 aliphatic rings. The summed E-state index contributed by atoms with van der Waals surface area (Å²) in [7, 11) is 1.43. The zero-order chi connectivity index (χ0) is 24.3. The van der Waals surface area contributed by atoms with Gasteiger partial charge in [-0.1, -0.05) is 30.3 Å². The van der Waals surface area contributed by atoms with E-state index in [0.717, 1.165) is 6.07 Å². The molecule has 10 heteroatoms. The Hall–Kier alpha value is -4.73. The first-order valence-corrected chi connectivity index (χ1v) is 10.0. The van der Waals surface area contributed by atoms with Crippen LogP contribution < -0.4 is 25.5 Å². The molecule has 0 spiro atoms. The summed E-state index contributed by atoms with van der Waals surface area (Å²) in [4.78, 5) is 35.8. The van der Waals surface area contributed by atoms with Crippen molar-refractivity contribution < 1.29 is 28.2 Å². The van der Waals surface area contributed by atoms with Crippen LogP contribution in [0.1, 0.15) is 5.56 Å². The van der Waals surface area contributed by atoms with Crippen molar-refractivity contribution in [3.8, 4) is 11.5 Å².